The second kappa shape index (κ2) is 6.51. The van der Waals surface area contributed by atoms with E-state index < -0.39 is 17.1 Å². The van der Waals surface area contributed by atoms with Gasteiger partial charge in [0.15, 0.2) is 0 Å². The Kier molecular flexibility index (Phi) is 4.55. The molecule has 3 N–H and O–H groups in total. The van der Waals surface area contributed by atoms with Crippen LogP contribution in [0.25, 0.3) is 0 Å². The number of hydrogen-bond acceptors (Lipinski definition) is 4. The molecule has 0 aromatic carbocycles. The number of H-pyrrole nitrogens is 1. The third kappa shape index (κ3) is 3.02. The van der Waals surface area contributed by atoms with Crippen LogP contribution in [0.15, 0.2) is 17.1 Å². The number of aromatic amines is 1. The Morgan fingerprint density at radius 2 is 2.00 bits per heavy atom. The first kappa shape index (κ1) is 17.5. The monoisotopic (exact) mass is 366 g/mol. The lowest BCUT2D eigenvalue weighted by molar-refractivity contribution is -0.126. The van der Waals surface area contributed by atoms with E-state index in [0.717, 1.165) is 0 Å². The predicted molar refractivity (Wildman–Crippen MR) is 90.4 cm³/mol. The van der Waals surface area contributed by atoms with Crippen LogP contribution in [0.5, 0.6) is 0 Å². The highest BCUT2D eigenvalue weighted by Crippen LogP contribution is 2.33. The number of nitrogens with one attached hydrogen (secondary N) is 3. The van der Waals surface area contributed by atoms with Gasteiger partial charge >= 0.3 is 6.03 Å². The number of nitrogens with zero attached hydrogens (tertiary/aromatic N) is 1. The molecule has 8 nitrogen and oxygen atoms in total. The average molecular weight is 367 g/mol. The van der Waals surface area contributed by atoms with E-state index in [-0.39, 0.29) is 22.8 Å². The molecule has 9 heteroatoms. The number of likely N-dealkylation sites (tertiary alicyclic amines) is 1. The summed E-state index contributed by atoms with van der Waals surface area (Å²) in [6.07, 6.45) is 3.05. The van der Waals surface area contributed by atoms with E-state index >= 15 is 0 Å². The Balaban J connectivity index is 1.70. The Morgan fingerprint density at radius 1 is 1.32 bits per heavy atom. The molecule has 0 aliphatic carbocycles. The molecular formula is C16H19ClN4O4. The third-order valence-electron chi connectivity index (χ3n) is 5.11. The molecule has 1 atom stereocenters. The van der Waals surface area contributed by atoms with Crippen LogP contribution in [0.3, 0.4) is 0 Å². The van der Waals surface area contributed by atoms with Crippen molar-refractivity contribution in [2.75, 3.05) is 13.1 Å². The maximum absolute atomic E-state index is 12.6. The number of rotatable bonds is 3. The van der Waals surface area contributed by atoms with Crippen LogP contribution in [0, 0.1) is 5.92 Å². The number of halogens is 1. The van der Waals surface area contributed by atoms with Gasteiger partial charge < -0.3 is 15.2 Å². The summed E-state index contributed by atoms with van der Waals surface area (Å²) in [6, 6.07) is 0.890. The lowest BCUT2D eigenvalue weighted by Gasteiger charge is -2.40. The van der Waals surface area contributed by atoms with Gasteiger partial charge in [0.2, 0.25) is 0 Å². The van der Waals surface area contributed by atoms with Gasteiger partial charge in [-0.2, -0.15) is 0 Å². The Hall–Kier alpha value is -2.35. The number of piperidine rings is 1. The quantitative estimate of drug-likeness (QED) is 0.689. The molecule has 1 aromatic heterocycles. The van der Waals surface area contributed by atoms with Crippen LogP contribution < -0.4 is 16.2 Å². The van der Waals surface area contributed by atoms with Gasteiger partial charge in [-0.15, -0.1) is 0 Å². The SMILES string of the molecule is CC[C@@]1(C2CCN(C(=O)c3c[nH]c(=O)c(Cl)c3)CC2)NC(=O)NC1=O. The smallest absolute Gasteiger partial charge is 0.322 e. The first-order valence-corrected chi connectivity index (χ1v) is 8.56. The van der Waals surface area contributed by atoms with Crippen molar-refractivity contribution >= 4 is 29.4 Å². The van der Waals surface area contributed by atoms with Crippen LogP contribution in [-0.2, 0) is 4.79 Å². The Bertz CT molecular complexity index is 785. The van der Waals surface area contributed by atoms with E-state index in [0.29, 0.717) is 37.9 Å². The summed E-state index contributed by atoms with van der Waals surface area (Å²) in [5.41, 5.74) is -1.02. The highest BCUT2D eigenvalue weighted by Gasteiger charge is 2.51. The van der Waals surface area contributed by atoms with E-state index in [4.69, 9.17) is 11.6 Å². The van der Waals surface area contributed by atoms with Crippen molar-refractivity contribution in [1.82, 2.24) is 20.5 Å². The van der Waals surface area contributed by atoms with E-state index in [1.54, 1.807) is 4.90 Å². The number of carbonyl (C=O) groups is 3. The van der Waals surface area contributed by atoms with Gasteiger partial charge in [-0.3, -0.25) is 19.7 Å². The first-order valence-electron chi connectivity index (χ1n) is 8.18. The molecule has 0 spiro atoms. The summed E-state index contributed by atoms with van der Waals surface area (Å²) in [5, 5.41) is 5.04. The van der Waals surface area contributed by atoms with Crippen molar-refractivity contribution in [3.8, 4) is 0 Å². The molecule has 3 heterocycles. The zero-order valence-electron chi connectivity index (χ0n) is 13.7. The zero-order valence-corrected chi connectivity index (χ0v) is 14.5. The summed E-state index contributed by atoms with van der Waals surface area (Å²) in [4.78, 5) is 51.7. The van der Waals surface area contributed by atoms with Gasteiger partial charge in [0.25, 0.3) is 17.4 Å². The molecule has 2 saturated heterocycles. The fourth-order valence-corrected chi connectivity index (χ4v) is 3.84. The standard InChI is InChI=1S/C16H19ClN4O4/c1-2-16(14(24)19-15(25)20-16)10-3-5-21(6-4-10)13(23)9-7-11(17)12(22)18-8-9/h7-8,10H,2-6H2,1H3,(H,18,22)(H2,19,20,24,25)/t16-/m0/s1. The molecule has 1 aromatic rings. The number of urea groups is 1. The Labute approximate surface area is 148 Å². The number of aromatic nitrogens is 1. The zero-order chi connectivity index (χ0) is 18.2. The molecule has 2 aliphatic rings. The van der Waals surface area contributed by atoms with Crippen LogP contribution in [0.1, 0.15) is 36.5 Å². The molecule has 2 fully saturated rings. The third-order valence-corrected chi connectivity index (χ3v) is 5.39. The topological polar surface area (TPSA) is 111 Å². The molecule has 0 unspecified atom stereocenters. The average Bonchev–Trinajstić information content (AvgIpc) is 2.91. The molecule has 134 valence electrons. The lowest BCUT2D eigenvalue weighted by atomic mass is 9.76. The fourth-order valence-electron chi connectivity index (χ4n) is 3.67. The Morgan fingerprint density at radius 3 is 2.52 bits per heavy atom. The minimum atomic E-state index is -0.895. The molecular weight excluding hydrogens is 348 g/mol. The number of carbonyl (C=O) groups excluding carboxylic acids is 3. The van der Waals surface area contributed by atoms with E-state index in [1.807, 2.05) is 6.92 Å². The van der Waals surface area contributed by atoms with Crippen LogP contribution in [0.2, 0.25) is 5.02 Å². The highest BCUT2D eigenvalue weighted by atomic mass is 35.5. The van der Waals surface area contributed by atoms with Crippen molar-refractivity contribution in [3.63, 3.8) is 0 Å². The van der Waals surface area contributed by atoms with Crippen molar-refractivity contribution in [3.05, 3.63) is 33.2 Å². The first-order chi connectivity index (χ1) is 11.9. The molecule has 0 saturated carbocycles. The normalized spacial score (nSPS) is 24.2. The van der Waals surface area contributed by atoms with E-state index in [2.05, 4.69) is 15.6 Å². The number of imide groups is 1. The van der Waals surface area contributed by atoms with Gasteiger partial charge in [-0.05, 0) is 31.2 Å². The van der Waals surface area contributed by atoms with Gasteiger partial charge in [-0.1, -0.05) is 18.5 Å². The summed E-state index contributed by atoms with van der Waals surface area (Å²) < 4.78 is 0. The number of hydrogen-bond donors (Lipinski definition) is 3. The van der Waals surface area contributed by atoms with Crippen LogP contribution >= 0.6 is 11.6 Å². The molecule has 2 aliphatic heterocycles. The molecule has 3 rings (SSSR count). The lowest BCUT2D eigenvalue weighted by Crippen LogP contribution is -2.56. The van der Waals surface area contributed by atoms with Crippen molar-refractivity contribution in [2.24, 2.45) is 5.92 Å². The molecule has 4 amide bonds. The van der Waals surface area contributed by atoms with Gasteiger partial charge in [0.05, 0.1) is 5.56 Å². The minimum Gasteiger partial charge on any atom is -0.339 e. The molecule has 0 radical (unpaired) electrons. The highest BCUT2D eigenvalue weighted by molar-refractivity contribution is 6.30. The van der Waals surface area contributed by atoms with Crippen molar-refractivity contribution < 1.29 is 14.4 Å². The second-order valence-corrected chi connectivity index (χ2v) is 6.77. The second-order valence-electron chi connectivity index (χ2n) is 6.37. The molecule has 0 bridgehead atoms. The summed E-state index contributed by atoms with van der Waals surface area (Å²) >= 11 is 5.77. The van der Waals surface area contributed by atoms with Gasteiger partial charge in [0, 0.05) is 19.3 Å². The maximum Gasteiger partial charge on any atom is 0.322 e. The predicted octanol–water partition coefficient (Wildman–Crippen LogP) is 0.869. The summed E-state index contributed by atoms with van der Waals surface area (Å²) in [7, 11) is 0. The van der Waals surface area contributed by atoms with E-state index in [9.17, 15) is 19.2 Å². The largest absolute Gasteiger partial charge is 0.339 e. The van der Waals surface area contributed by atoms with Gasteiger partial charge in [0.1, 0.15) is 10.6 Å². The number of amides is 4. The molecule has 25 heavy (non-hydrogen) atoms. The van der Waals surface area contributed by atoms with Crippen LogP contribution in [-0.4, -0.2) is 46.4 Å². The van der Waals surface area contributed by atoms with Crippen molar-refractivity contribution in [1.29, 1.82) is 0 Å². The van der Waals surface area contributed by atoms with Crippen molar-refractivity contribution in [2.45, 2.75) is 31.7 Å². The van der Waals surface area contributed by atoms with Crippen LogP contribution in [0.4, 0.5) is 4.79 Å². The van der Waals surface area contributed by atoms with Gasteiger partial charge in [-0.25, -0.2) is 4.79 Å². The number of pyridine rings is 1. The fraction of sp³-hybridized carbons (Fsp3) is 0.500. The maximum atomic E-state index is 12.6. The minimum absolute atomic E-state index is 0.0315. The summed E-state index contributed by atoms with van der Waals surface area (Å²) in [6.45, 7) is 2.79. The van der Waals surface area contributed by atoms with E-state index in [1.165, 1.54) is 12.3 Å². The summed E-state index contributed by atoms with van der Waals surface area (Å²) in [5.74, 6) is -0.550.